The molecule has 0 aromatic rings. The SMILES string of the molecule is O=C1OCC2(CC2)N1CC1(C2CCCCC2)CCCCC1. The maximum Gasteiger partial charge on any atom is 0.410 e. The molecule has 0 radical (unpaired) electrons. The molecule has 0 bridgehead atoms. The summed E-state index contributed by atoms with van der Waals surface area (Å²) < 4.78 is 5.40. The molecule has 3 aliphatic carbocycles. The van der Waals surface area contributed by atoms with Crippen LogP contribution in [-0.4, -0.2) is 29.7 Å². The molecule has 0 aromatic heterocycles. The zero-order valence-electron chi connectivity index (χ0n) is 13.2. The van der Waals surface area contributed by atoms with Gasteiger partial charge in [0.25, 0.3) is 0 Å². The standard InChI is InChI=1S/C18H29NO2/c20-16-19(18(11-12-18)14-21-16)13-17(9-5-2-6-10-17)15-7-3-1-4-8-15/h15H,1-14H2. The Hall–Kier alpha value is -0.730. The van der Waals surface area contributed by atoms with Crippen molar-refractivity contribution in [2.75, 3.05) is 13.2 Å². The van der Waals surface area contributed by atoms with Crippen LogP contribution in [0.15, 0.2) is 0 Å². The monoisotopic (exact) mass is 291 g/mol. The summed E-state index contributed by atoms with van der Waals surface area (Å²) in [4.78, 5) is 14.4. The van der Waals surface area contributed by atoms with Crippen LogP contribution in [0.4, 0.5) is 4.79 Å². The number of nitrogens with zero attached hydrogens (tertiary/aromatic N) is 1. The summed E-state index contributed by atoms with van der Waals surface area (Å²) in [6.45, 7) is 1.66. The highest BCUT2D eigenvalue weighted by Crippen LogP contribution is 2.53. The Kier molecular flexibility index (Phi) is 3.42. The summed E-state index contributed by atoms with van der Waals surface area (Å²) in [5.41, 5.74) is 0.536. The predicted molar refractivity (Wildman–Crippen MR) is 82.1 cm³/mol. The quantitative estimate of drug-likeness (QED) is 0.766. The fourth-order valence-electron chi connectivity index (χ4n) is 5.32. The van der Waals surface area contributed by atoms with Crippen LogP contribution in [0.3, 0.4) is 0 Å². The van der Waals surface area contributed by atoms with Gasteiger partial charge in [0.05, 0.1) is 5.54 Å². The van der Waals surface area contributed by atoms with Crippen molar-refractivity contribution in [2.24, 2.45) is 11.3 Å². The first-order chi connectivity index (χ1) is 10.2. The first-order valence-electron chi connectivity index (χ1n) is 9.19. The lowest BCUT2D eigenvalue weighted by atomic mass is 9.61. The van der Waals surface area contributed by atoms with Gasteiger partial charge in [0, 0.05) is 6.54 Å². The smallest absolute Gasteiger partial charge is 0.410 e. The Morgan fingerprint density at radius 2 is 1.62 bits per heavy atom. The van der Waals surface area contributed by atoms with Crippen molar-refractivity contribution in [2.45, 2.75) is 82.6 Å². The number of amides is 1. The number of ether oxygens (including phenoxy) is 1. The molecule has 4 aliphatic rings. The molecule has 0 atom stereocenters. The Bertz CT molecular complexity index is 403. The van der Waals surface area contributed by atoms with Crippen molar-refractivity contribution in [3.63, 3.8) is 0 Å². The van der Waals surface area contributed by atoms with Crippen LogP contribution in [-0.2, 0) is 4.74 Å². The average molecular weight is 291 g/mol. The minimum atomic E-state index is -0.0201. The first kappa shape index (κ1) is 13.9. The molecule has 1 amide bonds. The minimum absolute atomic E-state index is 0.0201. The number of carbonyl (C=O) groups excluding carboxylic acids is 1. The molecule has 4 fully saturated rings. The van der Waals surface area contributed by atoms with Gasteiger partial charge in [-0.15, -0.1) is 0 Å². The minimum Gasteiger partial charge on any atom is -0.447 e. The van der Waals surface area contributed by atoms with E-state index in [0.717, 1.165) is 12.5 Å². The lowest BCUT2D eigenvalue weighted by molar-refractivity contribution is 0.0277. The van der Waals surface area contributed by atoms with Crippen LogP contribution in [0.1, 0.15) is 77.0 Å². The normalized spacial score (nSPS) is 31.4. The van der Waals surface area contributed by atoms with Gasteiger partial charge < -0.3 is 4.74 Å². The van der Waals surface area contributed by atoms with Crippen LogP contribution in [0.2, 0.25) is 0 Å². The molecule has 0 aromatic carbocycles. The van der Waals surface area contributed by atoms with Gasteiger partial charge in [0.1, 0.15) is 6.61 Å². The second kappa shape index (κ2) is 5.17. The van der Waals surface area contributed by atoms with Crippen LogP contribution in [0, 0.1) is 11.3 Å². The number of rotatable bonds is 3. The van der Waals surface area contributed by atoms with E-state index in [2.05, 4.69) is 4.90 Å². The van der Waals surface area contributed by atoms with E-state index in [-0.39, 0.29) is 11.6 Å². The van der Waals surface area contributed by atoms with Crippen molar-refractivity contribution < 1.29 is 9.53 Å². The van der Waals surface area contributed by atoms with E-state index in [0.29, 0.717) is 12.0 Å². The number of cyclic esters (lactones) is 1. The van der Waals surface area contributed by atoms with Gasteiger partial charge in [-0.3, -0.25) is 4.90 Å². The third kappa shape index (κ3) is 2.37. The average Bonchev–Trinajstić information content (AvgIpc) is 3.27. The first-order valence-corrected chi connectivity index (χ1v) is 9.19. The largest absolute Gasteiger partial charge is 0.447 e. The van der Waals surface area contributed by atoms with E-state index in [4.69, 9.17) is 4.74 Å². The van der Waals surface area contributed by atoms with E-state index in [9.17, 15) is 4.79 Å². The van der Waals surface area contributed by atoms with Gasteiger partial charge in [-0.1, -0.05) is 38.5 Å². The molecule has 3 heteroatoms. The van der Waals surface area contributed by atoms with Crippen molar-refractivity contribution in [3.8, 4) is 0 Å². The van der Waals surface area contributed by atoms with Crippen LogP contribution in [0.5, 0.6) is 0 Å². The molecule has 0 N–H and O–H groups in total. The van der Waals surface area contributed by atoms with Crippen molar-refractivity contribution in [3.05, 3.63) is 0 Å². The summed E-state index contributed by atoms with van der Waals surface area (Å²) >= 11 is 0. The molecule has 1 spiro atoms. The van der Waals surface area contributed by atoms with E-state index in [1.165, 1.54) is 77.0 Å². The summed E-state index contributed by atoms with van der Waals surface area (Å²) in [7, 11) is 0. The highest BCUT2D eigenvalue weighted by molar-refractivity contribution is 5.72. The van der Waals surface area contributed by atoms with Crippen molar-refractivity contribution in [1.82, 2.24) is 4.90 Å². The summed E-state index contributed by atoms with van der Waals surface area (Å²) in [5, 5.41) is 0. The molecular formula is C18H29NO2. The fraction of sp³-hybridized carbons (Fsp3) is 0.944. The van der Waals surface area contributed by atoms with Gasteiger partial charge in [0.2, 0.25) is 0 Å². The molecule has 3 nitrogen and oxygen atoms in total. The Morgan fingerprint density at radius 1 is 0.952 bits per heavy atom. The van der Waals surface area contributed by atoms with Crippen LogP contribution >= 0.6 is 0 Å². The summed E-state index contributed by atoms with van der Waals surface area (Å²) in [6.07, 6.45) is 16.2. The van der Waals surface area contributed by atoms with Gasteiger partial charge in [-0.2, -0.15) is 0 Å². The zero-order valence-corrected chi connectivity index (χ0v) is 13.2. The Morgan fingerprint density at radius 3 is 2.29 bits per heavy atom. The van der Waals surface area contributed by atoms with Gasteiger partial charge in [-0.25, -0.2) is 4.79 Å². The van der Waals surface area contributed by atoms with Crippen molar-refractivity contribution >= 4 is 6.09 Å². The maximum absolute atomic E-state index is 12.2. The molecule has 118 valence electrons. The van der Waals surface area contributed by atoms with E-state index in [1.54, 1.807) is 0 Å². The molecule has 3 saturated carbocycles. The number of hydrogen-bond acceptors (Lipinski definition) is 2. The Balaban J connectivity index is 1.56. The molecule has 0 unspecified atom stereocenters. The van der Waals surface area contributed by atoms with E-state index >= 15 is 0 Å². The molecule has 21 heavy (non-hydrogen) atoms. The highest BCUT2D eigenvalue weighted by atomic mass is 16.6. The fourth-order valence-corrected chi connectivity index (χ4v) is 5.32. The molecule has 1 saturated heterocycles. The molecule has 4 rings (SSSR count). The second-order valence-electron chi connectivity index (χ2n) is 8.12. The molecule has 1 aliphatic heterocycles. The molecular weight excluding hydrogens is 262 g/mol. The third-order valence-electron chi connectivity index (χ3n) is 6.88. The topological polar surface area (TPSA) is 29.5 Å². The van der Waals surface area contributed by atoms with Crippen LogP contribution in [0.25, 0.3) is 0 Å². The van der Waals surface area contributed by atoms with E-state index in [1.807, 2.05) is 0 Å². The number of carbonyl (C=O) groups is 1. The van der Waals surface area contributed by atoms with Crippen molar-refractivity contribution in [1.29, 1.82) is 0 Å². The van der Waals surface area contributed by atoms with Gasteiger partial charge >= 0.3 is 6.09 Å². The number of hydrogen-bond donors (Lipinski definition) is 0. The summed E-state index contributed by atoms with van der Waals surface area (Å²) in [6, 6.07) is 0. The van der Waals surface area contributed by atoms with Gasteiger partial charge in [-0.05, 0) is 49.9 Å². The zero-order chi connectivity index (χ0) is 14.3. The lowest BCUT2D eigenvalue weighted by Gasteiger charge is -2.47. The van der Waals surface area contributed by atoms with Gasteiger partial charge in [0.15, 0.2) is 0 Å². The Labute approximate surface area is 128 Å². The summed E-state index contributed by atoms with van der Waals surface area (Å²) in [5.74, 6) is 0.857. The van der Waals surface area contributed by atoms with E-state index < -0.39 is 0 Å². The second-order valence-corrected chi connectivity index (χ2v) is 8.12. The predicted octanol–water partition coefficient (Wildman–Crippen LogP) is 4.50. The third-order valence-corrected chi connectivity index (χ3v) is 6.88. The highest BCUT2D eigenvalue weighted by Gasteiger charge is 2.58. The lowest BCUT2D eigenvalue weighted by Crippen LogP contribution is -2.48. The molecule has 1 heterocycles. The maximum atomic E-state index is 12.2. The van der Waals surface area contributed by atoms with Crippen LogP contribution < -0.4 is 0 Å².